The number of hydrogen-bond acceptors (Lipinski definition) is 5. The quantitative estimate of drug-likeness (QED) is 0.873. The van der Waals surface area contributed by atoms with Crippen molar-refractivity contribution in [2.75, 3.05) is 18.9 Å². The number of carbonyl (C=O) groups excluding carboxylic acids is 1. The average molecular weight is 367 g/mol. The number of thiazole rings is 1. The second-order valence-electron chi connectivity index (χ2n) is 6.71. The molecule has 0 saturated carbocycles. The van der Waals surface area contributed by atoms with Gasteiger partial charge in [-0.25, -0.2) is 4.98 Å². The lowest BCUT2D eigenvalue weighted by molar-refractivity contribution is -0.117. The van der Waals surface area contributed by atoms with E-state index in [2.05, 4.69) is 27.6 Å². The molecule has 1 aromatic carbocycles. The Morgan fingerprint density at radius 2 is 2.04 bits per heavy atom. The van der Waals surface area contributed by atoms with Crippen LogP contribution in [-0.4, -0.2) is 47.5 Å². The molecule has 1 amide bonds. The Kier molecular flexibility index (Phi) is 5.39. The topological polar surface area (TPSA) is 57.3 Å². The number of hydrogen-bond donors (Lipinski definition) is 2. The number of benzene rings is 1. The van der Waals surface area contributed by atoms with Crippen LogP contribution >= 0.6 is 23.7 Å². The summed E-state index contributed by atoms with van der Waals surface area (Å²) in [5, 5.41) is 7.29. The Labute approximate surface area is 152 Å². The van der Waals surface area contributed by atoms with Gasteiger partial charge in [0.15, 0.2) is 5.13 Å². The van der Waals surface area contributed by atoms with E-state index in [0.29, 0.717) is 29.8 Å². The summed E-state index contributed by atoms with van der Waals surface area (Å²) in [5.74, 6) is 0.0254. The molecule has 2 bridgehead atoms. The molecule has 1 aromatic heterocycles. The molecule has 2 saturated heterocycles. The van der Waals surface area contributed by atoms with E-state index in [-0.39, 0.29) is 18.3 Å². The fourth-order valence-electron chi connectivity index (χ4n) is 3.83. The molecule has 2 N–H and O–H groups in total. The number of nitrogens with one attached hydrogen (secondary N) is 2. The van der Waals surface area contributed by atoms with Crippen LogP contribution in [0.2, 0.25) is 0 Å². The van der Waals surface area contributed by atoms with Crippen molar-refractivity contribution in [2.24, 2.45) is 0 Å². The van der Waals surface area contributed by atoms with Crippen LogP contribution < -0.4 is 10.6 Å². The van der Waals surface area contributed by atoms with Crippen molar-refractivity contribution in [2.45, 2.75) is 43.8 Å². The molecule has 2 atom stereocenters. The molecule has 0 aliphatic carbocycles. The smallest absolute Gasteiger partial charge is 0.240 e. The Balaban J connectivity index is 0.00000169. The number of rotatable bonds is 4. The Morgan fingerprint density at radius 1 is 1.33 bits per heavy atom. The zero-order valence-electron chi connectivity index (χ0n) is 13.7. The van der Waals surface area contributed by atoms with Crippen molar-refractivity contribution in [3.8, 4) is 0 Å². The van der Waals surface area contributed by atoms with Gasteiger partial charge in [-0.05, 0) is 44.9 Å². The molecule has 24 heavy (non-hydrogen) atoms. The summed E-state index contributed by atoms with van der Waals surface area (Å²) >= 11 is 1.53. The fraction of sp³-hybridized carbons (Fsp3) is 0.529. The van der Waals surface area contributed by atoms with E-state index in [0.717, 1.165) is 23.1 Å². The van der Waals surface area contributed by atoms with Crippen molar-refractivity contribution in [3.05, 3.63) is 24.3 Å². The number of aromatic nitrogens is 1. The van der Waals surface area contributed by atoms with Gasteiger partial charge in [0.25, 0.3) is 0 Å². The van der Waals surface area contributed by atoms with Crippen molar-refractivity contribution >= 4 is 45.0 Å². The average Bonchev–Trinajstić information content (AvgIpc) is 3.08. The number of para-hydroxylation sites is 1. The van der Waals surface area contributed by atoms with Gasteiger partial charge in [0.1, 0.15) is 0 Å². The van der Waals surface area contributed by atoms with E-state index in [9.17, 15) is 4.79 Å². The zero-order chi connectivity index (χ0) is 15.8. The van der Waals surface area contributed by atoms with Gasteiger partial charge in [0.2, 0.25) is 5.91 Å². The molecule has 2 unspecified atom stereocenters. The van der Waals surface area contributed by atoms with Gasteiger partial charge >= 0.3 is 0 Å². The summed E-state index contributed by atoms with van der Waals surface area (Å²) in [5.41, 5.74) is 0.941. The monoisotopic (exact) mass is 366 g/mol. The van der Waals surface area contributed by atoms with Crippen LogP contribution in [0.5, 0.6) is 0 Å². The molecule has 130 valence electrons. The van der Waals surface area contributed by atoms with Gasteiger partial charge in [-0.15, -0.1) is 12.4 Å². The Hall–Kier alpha value is -1.21. The minimum Gasteiger partial charge on any atom is -0.311 e. The number of carbonyl (C=O) groups is 1. The van der Waals surface area contributed by atoms with Crippen LogP contribution in [0.4, 0.5) is 5.13 Å². The number of fused-ring (bicyclic) bond motifs is 3. The highest BCUT2D eigenvalue weighted by Gasteiger charge is 2.35. The van der Waals surface area contributed by atoms with Crippen LogP contribution in [-0.2, 0) is 4.79 Å². The fourth-order valence-corrected chi connectivity index (χ4v) is 4.71. The van der Waals surface area contributed by atoms with Crippen molar-refractivity contribution in [1.29, 1.82) is 0 Å². The van der Waals surface area contributed by atoms with E-state index in [1.54, 1.807) is 0 Å². The van der Waals surface area contributed by atoms with Crippen LogP contribution in [0.25, 0.3) is 10.2 Å². The van der Waals surface area contributed by atoms with Crippen molar-refractivity contribution in [1.82, 2.24) is 15.2 Å². The summed E-state index contributed by atoms with van der Waals surface area (Å²) in [4.78, 5) is 19.0. The number of piperidine rings is 1. The highest BCUT2D eigenvalue weighted by Crippen LogP contribution is 2.29. The maximum atomic E-state index is 12.3. The molecule has 2 fully saturated rings. The van der Waals surface area contributed by atoms with Crippen LogP contribution in [0.15, 0.2) is 24.3 Å². The second kappa shape index (κ2) is 7.35. The molecule has 0 spiro atoms. The molecule has 2 aliphatic rings. The summed E-state index contributed by atoms with van der Waals surface area (Å²) in [6, 6.07) is 9.76. The van der Waals surface area contributed by atoms with E-state index >= 15 is 0 Å². The lowest BCUT2D eigenvalue weighted by Crippen LogP contribution is -2.48. The summed E-state index contributed by atoms with van der Waals surface area (Å²) in [6.07, 6.45) is 4.88. The minimum absolute atomic E-state index is 0. The minimum atomic E-state index is 0. The second-order valence-corrected chi connectivity index (χ2v) is 7.74. The summed E-state index contributed by atoms with van der Waals surface area (Å²) < 4.78 is 1.10. The largest absolute Gasteiger partial charge is 0.311 e. The summed E-state index contributed by atoms with van der Waals surface area (Å²) in [7, 11) is 2.06. The third kappa shape index (κ3) is 3.72. The first-order chi connectivity index (χ1) is 11.2. The molecule has 0 radical (unpaired) electrons. The maximum Gasteiger partial charge on any atom is 0.240 e. The van der Waals surface area contributed by atoms with Gasteiger partial charge in [0.05, 0.1) is 16.8 Å². The molecule has 2 aliphatic heterocycles. The molecule has 5 nitrogen and oxygen atoms in total. The van der Waals surface area contributed by atoms with E-state index < -0.39 is 0 Å². The van der Waals surface area contributed by atoms with Gasteiger partial charge in [-0.3, -0.25) is 9.69 Å². The van der Waals surface area contributed by atoms with Gasteiger partial charge in [0, 0.05) is 18.1 Å². The van der Waals surface area contributed by atoms with E-state index in [1.165, 1.54) is 24.2 Å². The first-order valence-corrected chi connectivity index (χ1v) is 9.11. The van der Waals surface area contributed by atoms with Crippen LogP contribution in [0.3, 0.4) is 0 Å². The normalized spacial score (nSPS) is 25.7. The van der Waals surface area contributed by atoms with E-state index in [4.69, 9.17) is 0 Å². The first kappa shape index (κ1) is 17.6. The predicted octanol–water partition coefficient (Wildman–Crippen LogP) is 2.87. The number of anilines is 1. The van der Waals surface area contributed by atoms with Crippen molar-refractivity contribution < 1.29 is 4.79 Å². The highest BCUT2D eigenvalue weighted by molar-refractivity contribution is 7.22. The lowest BCUT2D eigenvalue weighted by Gasteiger charge is -2.35. The molecule has 2 aromatic rings. The number of halogens is 1. The molecule has 4 rings (SSSR count). The van der Waals surface area contributed by atoms with Gasteiger partial charge in [-0.2, -0.15) is 0 Å². The lowest BCUT2D eigenvalue weighted by atomic mass is 9.98. The SMILES string of the molecule is CN(CC(=O)Nc1nc2ccccc2s1)C1CC2CCC(C1)N2.Cl. The Bertz CT molecular complexity index is 676. The molecule has 3 heterocycles. The number of amides is 1. The maximum absolute atomic E-state index is 12.3. The van der Waals surface area contributed by atoms with Crippen LogP contribution in [0.1, 0.15) is 25.7 Å². The molecule has 7 heteroatoms. The van der Waals surface area contributed by atoms with Crippen molar-refractivity contribution in [3.63, 3.8) is 0 Å². The third-order valence-corrected chi connectivity index (χ3v) is 5.96. The third-order valence-electron chi connectivity index (χ3n) is 5.00. The van der Waals surface area contributed by atoms with Gasteiger partial charge < -0.3 is 10.6 Å². The van der Waals surface area contributed by atoms with Gasteiger partial charge in [-0.1, -0.05) is 23.5 Å². The number of likely N-dealkylation sites (N-methyl/N-ethyl adjacent to an activating group) is 1. The molecular formula is C17H23ClN4OS. The predicted molar refractivity (Wildman–Crippen MR) is 101 cm³/mol. The zero-order valence-corrected chi connectivity index (χ0v) is 15.3. The first-order valence-electron chi connectivity index (χ1n) is 8.29. The highest BCUT2D eigenvalue weighted by atomic mass is 35.5. The van der Waals surface area contributed by atoms with Crippen LogP contribution in [0, 0.1) is 0 Å². The van der Waals surface area contributed by atoms with E-state index in [1.807, 2.05) is 24.3 Å². The molecular weight excluding hydrogens is 344 g/mol. The number of nitrogens with zero attached hydrogens (tertiary/aromatic N) is 2. The Morgan fingerprint density at radius 3 is 2.75 bits per heavy atom. The standard InChI is InChI=1S/C17H22N4OS.ClH/c1-21(13-8-11-6-7-12(9-13)18-11)10-16(22)20-17-19-14-4-2-3-5-15(14)23-17;/h2-5,11-13,18H,6-10H2,1H3,(H,19,20,22);1H. The summed E-state index contributed by atoms with van der Waals surface area (Å²) in [6.45, 7) is 0.431.